The van der Waals surface area contributed by atoms with Crippen LogP contribution in [0.2, 0.25) is 0 Å². The van der Waals surface area contributed by atoms with Gasteiger partial charge in [0.15, 0.2) is 0 Å². The Bertz CT molecular complexity index is 458. The summed E-state index contributed by atoms with van der Waals surface area (Å²) < 4.78 is 0. The van der Waals surface area contributed by atoms with Gasteiger partial charge in [0.05, 0.1) is 5.70 Å². The number of fused-ring (bicyclic) bond motifs is 1. The summed E-state index contributed by atoms with van der Waals surface area (Å²) in [7, 11) is 0. The van der Waals surface area contributed by atoms with Gasteiger partial charge < -0.3 is 10.4 Å². The van der Waals surface area contributed by atoms with Gasteiger partial charge in [-0.05, 0) is 25.0 Å². The minimum Gasteiger partial charge on any atom is -0.505 e. The number of aliphatic hydroxyl groups is 1. The van der Waals surface area contributed by atoms with E-state index < -0.39 is 0 Å². The molecule has 0 spiro atoms. The molecule has 1 heterocycles. The van der Waals surface area contributed by atoms with Crippen molar-refractivity contribution in [3.63, 3.8) is 0 Å². The van der Waals surface area contributed by atoms with Gasteiger partial charge in [-0.25, -0.2) is 0 Å². The molecule has 0 fully saturated rings. The fourth-order valence-corrected chi connectivity index (χ4v) is 1.95. The van der Waals surface area contributed by atoms with Crippen molar-refractivity contribution >= 4 is 11.3 Å². The summed E-state index contributed by atoms with van der Waals surface area (Å²) in [4.78, 5) is 0. The number of allylic oxidation sites excluding steroid dienone is 2. The Kier molecular flexibility index (Phi) is 2.27. The molecule has 0 amide bonds. The highest BCUT2D eigenvalue weighted by Gasteiger charge is 2.20. The normalized spacial score (nSPS) is 14.9. The largest absolute Gasteiger partial charge is 0.505 e. The first-order valence-corrected chi connectivity index (χ1v) is 5.13. The zero-order valence-electron chi connectivity index (χ0n) is 9.09. The van der Waals surface area contributed by atoms with E-state index in [1.165, 1.54) is 0 Å². The van der Waals surface area contributed by atoms with Gasteiger partial charge in [0.2, 0.25) is 0 Å². The third kappa shape index (κ3) is 1.42. The van der Waals surface area contributed by atoms with E-state index in [0.717, 1.165) is 34.5 Å². The van der Waals surface area contributed by atoms with Gasteiger partial charge in [-0.15, -0.1) is 0 Å². The summed E-state index contributed by atoms with van der Waals surface area (Å²) in [5.41, 5.74) is 4.75. The van der Waals surface area contributed by atoms with Gasteiger partial charge >= 0.3 is 0 Å². The van der Waals surface area contributed by atoms with Crippen molar-refractivity contribution in [2.24, 2.45) is 0 Å². The van der Waals surface area contributed by atoms with E-state index in [4.69, 9.17) is 0 Å². The molecule has 0 saturated carbocycles. The maximum Gasteiger partial charge on any atom is 0.142 e. The van der Waals surface area contributed by atoms with Crippen LogP contribution in [0.25, 0.3) is 5.57 Å². The molecule has 1 aliphatic heterocycles. The SMILES string of the molecule is C=C1C(O)=C(CC)Nc2cccc(C)c21. The van der Waals surface area contributed by atoms with Gasteiger partial charge in [0, 0.05) is 16.8 Å². The van der Waals surface area contributed by atoms with E-state index in [1.54, 1.807) is 0 Å². The smallest absolute Gasteiger partial charge is 0.142 e. The summed E-state index contributed by atoms with van der Waals surface area (Å²) >= 11 is 0. The molecule has 0 aromatic heterocycles. The van der Waals surface area contributed by atoms with E-state index >= 15 is 0 Å². The second-order valence-corrected chi connectivity index (χ2v) is 3.78. The van der Waals surface area contributed by atoms with Crippen molar-refractivity contribution in [1.82, 2.24) is 0 Å². The van der Waals surface area contributed by atoms with Crippen LogP contribution in [0.4, 0.5) is 5.69 Å². The first-order chi connectivity index (χ1) is 7.15. The third-order valence-electron chi connectivity index (χ3n) is 2.79. The Morgan fingerprint density at radius 2 is 2.13 bits per heavy atom. The van der Waals surface area contributed by atoms with Crippen LogP contribution < -0.4 is 5.32 Å². The summed E-state index contributed by atoms with van der Waals surface area (Å²) in [5, 5.41) is 13.2. The predicted molar refractivity (Wildman–Crippen MR) is 63.8 cm³/mol. The maximum atomic E-state index is 9.93. The van der Waals surface area contributed by atoms with Crippen LogP contribution in [0.3, 0.4) is 0 Å². The predicted octanol–water partition coefficient (Wildman–Crippen LogP) is 3.61. The van der Waals surface area contributed by atoms with Crippen molar-refractivity contribution in [2.75, 3.05) is 5.32 Å². The highest BCUT2D eigenvalue weighted by molar-refractivity contribution is 5.89. The highest BCUT2D eigenvalue weighted by atomic mass is 16.3. The lowest BCUT2D eigenvalue weighted by atomic mass is 9.94. The summed E-state index contributed by atoms with van der Waals surface area (Å²) in [6.07, 6.45) is 0.776. The fraction of sp³-hybridized carbons (Fsp3) is 0.231. The topological polar surface area (TPSA) is 32.3 Å². The summed E-state index contributed by atoms with van der Waals surface area (Å²) in [6, 6.07) is 6.04. The molecule has 2 nitrogen and oxygen atoms in total. The molecule has 15 heavy (non-hydrogen) atoms. The summed E-state index contributed by atoms with van der Waals surface area (Å²) in [6.45, 7) is 7.98. The van der Waals surface area contributed by atoms with Crippen molar-refractivity contribution in [2.45, 2.75) is 20.3 Å². The molecule has 0 radical (unpaired) electrons. The molecule has 78 valence electrons. The van der Waals surface area contributed by atoms with Crippen LogP contribution in [-0.2, 0) is 0 Å². The number of anilines is 1. The third-order valence-corrected chi connectivity index (χ3v) is 2.79. The maximum absolute atomic E-state index is 9.93. The number of aryl methyl sites for hydroxylation is 1. The Morgan fingerprint density at radius 1 is 1.40 bits per heavy atom. The average Bonchev–Trinajstić information content (AvgIpc) is 2.23. The van der Waals surface area contributed by atoms with E-state index in [2.05, 4.69) is 11.9 Å². The van der Waals surface area contributed by atoms with Crippen LogP contribution >= 0.6 is 0 Å². The quantitative estimate of drug-likeness (QED) is 0.727. The zero-order chi connectivity index (χ0) is 11.0. The molecule has 0 bridgehead atoms. The van der Waals surface area contributed by atoms with Gasteiger partial charge in [0.1, 0.15) is 5.76 Å². The Hall–Kier alpha value is -1.70. The Labute approximate surface area is 89.9 Å². The van der Waals surface area contributed by atoms with Gasteiger partial charge in [-0.2, -0.15) is 0 Å². The molecule has 0 unspecified atom stereocenters. The minimum absolute atomic E-state index is 0.291. The first kappa shape index (κ1) is 9.84. The molecule has 1 aromatic carbocycles. The van der Waals surface area contributed by atoms with E-state index in [0.29, 0.717) is 5.76 Å². The van der Waals surface area contributed by atoms with Gasteiger partial charge in [-0.1, -0.05) is 25.6 Å². The van der Waals surface area contributed by atoms with E-state index in [9.17, 15) is 5.11 Å². The molecule has 2 heteroatoms. The molecule has 1 aliphatic rings. The van der Waals surface area contributed by atoms with Crippen LogP contribution in [0, 0.1) is 6.92 Å². The van der Waals surface area contributed by atoms with Crippen molar-refractivity contribution in [3.05, 3.63) is 47.4 Å². The molecule has 0 aliphatic carbocycles. The second kappa shape index (κ2) is 3.46. The average molecular weight is 201 g/mol. The molecule has 0 atom stereocenters. The lowest BCUT2D eigenvalue weighted by molar-refractivity contribution is 0.428. The van der Waals surface area contributed by atoms with Crippen LogP contribution in [-0.4, -0.2) is 5.11 Å². The van der Waals surface area contributed by atoms with E-state index in [-0.39, 0.29) is 0 Å². The highest BCUT2D eigenvalue weighted by Crippen LogP contribution is 2.36. The molecular weight excluding hydrogens is 186 g/mol. The lowest BCUT2D eigenvalue weighted by Gasteiger charge is -2.24. The molecule has 2 rings (SSSR count). The number of hydrogen-bond acceptors (Lipinski definition) is 2. The van der Waals surface area contributed by atoms with Crippen molar-refractivity contribution < 1.29 is 5.11 Å². The van der Waals surface area contributed by atoms with Crippen molar-refractivity contribution in [3.8, 4) is 0 Å². The first-order valence-electron chi connectivity index (χ1n) is 5.13. The zero-order valence-corrected chi connectivity index (χ0v) is 9.09. The number of benzene rings is 1. The fourth-order valence-electron chi connectivity index (χ4n) is 1.95. The molecular formula is C13H15NO. The van der Waals surface area contributed by atoms with E-state index in [1.807, 2.05) is 32.0 Å². The van der Waals surface area contributed by atoms with Crippen molar-refractivity contribution in [1.29, 1.82) is 0 Å². The van der Waals surface area contributed by atoms with Gasteiger partial charge in [-0.3, -0.25) is 0 Å². The molecule has 1 aromatic rings. The number of hydrogen-bond donors (Lipinski definition) is 2. The molecule has 2 N–H and O–H groups in total. The van der Waals surface area contributed by atoms with Gasteiger partial charge in [0.25, 0.3) is 0 Å². The monoisotopic (exact) mass is 201 g/mol. The second-order valence-electron chi connectivity index (χ2n) is 3.78. The summed E-state index contributed by atoms with van der Waals surface area (Å²) in [5.74, 6) is 0.291. The Morgan fingerprint density at radius 3 is 2.80 bits per heavy atom. The lowest BCUT2D eigenvalue weighted by Crippen LogP contribution is -2.12. The number of nitrogens with one attached hydrogen (secondary N) is 1. The molecule has 0 saturated heterocycles. The number of rotatable bonds is 1. The Balaban J connectivity index is 2.60. The standard InChI is InChI=1S/C13H15NO/c1-4-10-13(15)9(3)12-8(2)6-5-7-11(12)14-10/h5-7,14-15H,3-4H2,1-2H3. The van der Waals surface area contributed by atoms with Crippen LogP contribution in [0.1, 0.15) is 24.5 Å². The minimum atomic E-state index is 0.291. The van der Waals surface area contributed by atoms with Crippen LogP contribution in [0.15, 0.2) is 36.2 Å². The van der Waals surface area contributed by atoms with Crippen LogP contribution in [0.5, 0.6) is 0 Å². The number of aliphatic hydroxyl groups excluding tert-OH is 1.